The molecule has 2 bridgehead atoms. The average Bonchev–Trinajstić information content (AvgIpc) is 2.74. The zero-order valence-electron chi connectivity index (χ0n) is 11.3. The van der Waals surface area contributed by atoms with Crippen LogP contribution in [0.25, 0.3) is 0 Å². The van der Waals surface area contributed by atoms with E-state index in [0.717, 1.165) is 18.4 Å². The molecule has 0 unspecified atom stereocenters. The van der Waals surface area contributed by atoms with Crippen LogP contribution in [0.5, 0.6) is 0 Å². The summed E-state index contributed by atoms with van der Waals surface area (Å²) < 4.78 is 5.61. The average molecular weight is 250 g/mol. The Morgan fingerprint density at radius 2 is 2.28 bits per heavy atom. The standard InChI is InChI=1S/C15H22O3/c1-8(2)12-11-6-15(3)9(7-16)4-5-10(15)13(12)14(17)18-11/h4,8,10-13,16H,5-7H2,1-3H3/t10-,11+,12-,13+,15-/m0/s1. The number of carbonyl (C=O) groups is 1. The number of aliphatic hydroxyl groups excluding tert-OH is 1. The quantitative estimate of drug-likeness (QED) is 0.603. The van der Waals surface area contributed by atoms with E-state index in [2.05, 4.69) is 26.8 Å². The van der Waals surface area contributed by atoms with E-state index in [1.54, 1.807) is 0 Å². The van der Waals surface area contributed by atoms with Gasteiger partial charge in [0.1, 0.15) is 6.10 Å². The molecule has 100 valence electrons. The van der Waals surface area contributed by atoms with Crippen molar-refractivity contribution in [2.45, 2.75) is 39.7 Å². The second-order valence-electron chi connectivity index (χ2n) is 6.67. The molecular weight excluding hydrogens is 228 g/mol. The minimum absolute atomic E-state index is 0.0000137. The molecule has 2 fully saturated rings. The number of hydrogen-bond donors (Lipinski definition) is 1. The van der Waals surface area contributed by atoms with Gasteiger partial charge in [0.05, 0.1) is 12.5 Å². The van der Waals surface area contributed by atoms with E-state index in [4.69, 9.17) is 4.74 Å². The summed E-state index contributed by atoms with van der Waals surface area (Å²) in [7, 11) is 0. The SMILES string of the molecule is CC(C)[C@@H]1[C@@H]2C(=O)O[C@@H]1C[C@@]1(C)C(CO)=CC[C@@H]21. The van der Waals surface area contributed by atoms with E-state index in [1.807, 2.05) is 0 Å². The molecule has 1 saturated heterocycles. The minimum Gasteiger partial charge on any atom is -0.462 e. The molecule has 3 heteroatoms. The van der Waals surface area contributed by atoms with Gasteiger partial charge in [0.25, 0.3) is 0 Å². The van der Waals surface area contributed by atoms with Gasteiger partial charge in [-0.15, -0.1) is 0 Å². The fraction of sp³-hybridized carbons (Fsp3) is 0.800. The van der Waals surface area contributed by atoms with Crippen molar-refractivity contribution in [3.8, 4) is 0 Å². The van der Waals surface area contributed by atoms with E-state index in [-0.39, 0.29) is 30.0 Å². The third-order valence-corrected chi connectivity index (χ3v) is 5.55. The van der Waals surface area contributed by atoms with E-state index in [9.17, 15) is 9.90 Å². The first-order valence-corrected chi connectivity index (χ1v) is 7.00. The summed E-state index contributed by atoms with van der Waals surface area (Å²) >= 11 is 0. The van der Waals surface area contributed by atoms with Gasteiger partial charge in [-0.3, -0.25) is 4.79 Å². The van der Waals surface area contributed by atoms with Gasteiger partial charge in [0, 0.05) is 5.92 Å². The Balaban J connectivity index is 1.99. The van der Waals surface area contributed by atoms with Gasteiger partial charge < -0.3 is 9.84 Å². The van der Waals surface area contributed by atoms with Gasteiger partial charge in [-0.25, -0.2) is 0 Å². The van der Waals surface area contributed by atoms with Crippen LogP contribution in [0, 0.1) is 29.1 Å². The maximum Gasteiger partial charge on any atom is 0.309 e. The molecule has 0 radical (unpaired) electrons. The lowest BCUT2D eigenvalue weighted by Gasteiger charge is -2.45. The van der Waals surface area contributed by atoms with Crippen LogP contribution in [0.2, 0.25) is 0 Å². The first-order chi connectivity index (χ1) is 8.49. The molecule has 0 aromatic heterocycles. The molecule has 1 aliphatic heterocycles. The Kier molecular flexibility index (Phi) is 2.60. The van der Waals surface area contributed by atoms with Gasteiger partial charge >= 0.3 is 5.97 Å². The number of carbonyl (C=O) groups excluding carboxylic acids is 1. The topological polar surface area (TPSA) is 46.5 Å². The molecule has 0 spiro atoms. The molecule has 1 N–H and O–H groups in total. The molecular formula is C15H22O3. The maximum atomic E-state index is 12.1. The number of fused-ring (bicyclic) bond motifs is 4. The van der Waals surface area contributed by atoms with Crippen LogP contribution in [0.1, 0.15) is 33.6 Å². The predicted molar refractivity (Wildman–Crippen MR) is 67.7 cm³/mol. The molecule has 3 nitrogen and oxygen atoms in total. The summed E-state index contributed by atoms with van der Waals surface area (Å²) in [5, 5.41) is 9.51. The normalized spacial score (nSPS) is 46.1. The first kappa shape index (κ1) is 12.2. The highest BCUT2D eigenvalue weighted by molar-refractivity contribution is 5.77. The van der Waals surface area contributed by atoms with Crippen molar-refractivity contribution in [1.82, 2.24) is 0 Å². The lowest BCUT2D eigenvalue weighted by Crippen LogP contribution is -2.45. The number of allylic oxidation sites excluding steroid dienone is 1. The highest BCUT2D eigenvalue weighted by atomic mass is 16.6. The highest BCUT2D eigenvalue weighted by Crippen LogP contribution is 2.60. The van der Waals surface area contributed by atoms with Crippen LogP contribution in [0.15, 0.2) is 11.6 Å². The van der Waals surface area contributed by atoms with Gasteiger partial charge in [0.15, 0.2) is 0 Å². The van der Waals surface area contributed by atoms with E-state index in [1.165, 1.54) is 0 Å². The Hall–Kier alpha value is -0.830. The highest BCUT2D eigenvalue weighted by Gasteiger charge is 2.61. The fourth-order valence-electron chi connectivity index (χ4n) is 4.64. The molecule has 2 aliphatic carbocycles. The second kappa shape index (κ2) is 3.83. The van der Waals surface area contributed by atoms with Crippen molar-refractivity contribution in [2.75, 3.05) is 6.61 Å². The maximum absolute atomic E-state index is 12.1. The van der Waals surface area contributed by atoms with Crippen molar-refractivity contribution in [3.05, 3.63) is 11.6 Å². The Morgan fingerprint density at radius 3 is 2.89 bits per heavy atom. The lowest BCUT2D eigenvalue weighted by molar-refractivity contribution is -0.144. The van der Waals surface area contributed by atoms with Crippen molar-refractivity contribution in [2.24, 2.45) is 29.1 Å². The van der Waals surface area contributed by atoms with E-state index >= 15 is 0 Å². The molecule has 1 heterocycles. The second-order valence-corrected chi connectivity index (χ2v) is 6.67. The molecule has 0 amide bonds. The Labute approximate surface area is 108 Å². The molecule has 3 aliphatic rings. The number of aliphatic hydroxyl groups is 1. The Bertz CT molecular complexity index is 412. The summed E-state index contributed by atoms with van der Waals surface area (Å²) in [6, 6.07) is 0. The van der Waals surface area contributed by atoms with Gasteiger partial charge in [-0.2, -0.15) is 0 Å². The lowest BCUT2D eigenvalue weighted by atomic mass is 9.57. The summed E-state index contributed by atoms with van der Waals surface area (Å²) in [5.41, 5.74) is 1.09. The summed E-state index contributed by atoms with van der Waals surface area (Å²) in [6.07, 6.45) is 4.00. The molecule has 5 atom stereocenters. The largest absolute Gasteiger partial charge is 0.462 e. The monoisotopic (exact) mass is 250 g/mol. The van der Waals surface area contributed by atoms with Gasteiger partial charge in [-0.05, 0) is 35.7 Å². The molecule has 3 rings (SSSR count). The van der Waals surface area contributed by atoms with Gasteiger partial charge in [0.2, 0.25) is 0 Å². The van der Waals surface area contributed by atoms with E-state index < -0.39 is 0 Å². The van der Waals surface area contributed by atoms with Crippen LogP contribution in [0.3, 0.4) is 0 Å². The van der Waals surface area contributed by atoms with Crippen molar-refractivity contribution < 1.29 is 14.6 Å². The van der Waals surface area contributed by atoms with Gasteiger partial charge in [-0.1, -0.05) is 26.8 Å². The Morgan fingerprint density at radius 1 is 1.56 bits per heavy atom. The van der Waals surface area contributed by atoms with E-state index in [0.29, 0.717) is 17.8 Å². The fourth-order valence-corrected chi connectivity index (χ4v) is 4.64. The van der Waals surface area contributed by atoms with Crippen LogP contribution >= 0.6 is 0 Å². The molecule has 1 saturated carbocycles. The predicted octanol–water partition coefficient (Wildman–Crippen LogP) is 2.15. The van der Waals surface area contributed by atoms with Crippen LogP contribution in [-0.4, -0.2) is 23.8 Å². The number of esters is 1. The minimum atomic E-state index is -0.0262. The number of ether oxygens (including phenoxy) is 1. The van der Waals surface area contributed by atoms with Crippen LogP contribution in [-0.2, 0) is 9.53 Å². The molecule has 0 aromatic carbocycles. The van der Waals surface area contributed by atoms with Crippen LogP contribution < -0.4 is 0 Å². The first-order valence-electron chi connectivity index (χ1n) is 7.00. The summed E-state index contributed by atoms with van der Waals surface area (Å²) in [4.78, 5) is 12.1. The van der Waals surface area contributed by atoms with Crippen molar-refractivity contribution in [1.29, 1.82) is 0 Å². The third-order valence-electron chi connectivity index (χ3n) is 5.55. The zero-order valence-corrected chi connectivity index (χ0v) is 11.3. The third kappa shape index (κ3) is 1.37. The molecule has 0 aromatic rings. The zero-order chi connectivity index (χ0) is 13.1. The molecule has 18 heavy (non-hydrogen) atoms. The van der Waals surface area contributed by atoms with Crippen LogP contribution in [0.4, 0.5) is 0 Å². The number of rotatable bonds is 2. The van der Waals surface area contributed by atoms with Crippen molar-refractivity contribution in [3.63, 3.8) is 0 Å². The summed E-state index contributed by atoms with van der Waals surface area (Å²) in [6.45, 7) is 6.69. The van der Waals surface area contributed by atoms with Crippen molar-refractivity contribution >= 4 is 5.97 Å². The smallest absolute Gasteiger partial charge is 0.309 e. The number of hydrogen-bond acceptors (Lipinski definition) is 3. The summed E-state index contributed by atoms with van der Waals surface area (Å²) in [5.74, 6) is 1.21.